The van der Waals surface area contributed by atoms with Gasteiger partial charge in [0.2, 0.25) is 5.91 Å². The molecule has 1 aliphatic rings. The molecule has 1 aliphatic heterocycles. The summed E-state index contributed by atoms with van der Waals surface area (Å²) >= 11 is 0.616. The number of nitrogens with zero attached hydrogens (tertiary/aromatic N) is 2. The van der Waals surface area contributed by atoms with E-state index in [1.165, 1.54) is 48.5 Å². The second-order valence-corrected chi connectivity index (χ2v) is 6.63. The molecular weight excluding hydrogens is 389 g/mol. The van der Waals surface area contributed by atoms with Crippen molar-refractivity contribution >= 4 is 46.3 Å². The van der Waals surface area contributed by atoms with Crippen molar-refractivity contribution in [2.45, 2.75) is 0 Å². The second-order valence-electron chi connectivity index (χ2n) is 5.64. The van der Waals surface area contributed by atoms with Crippen LogP contribution in [0.5, 0.6) is 0 Å². The highest BCUT2D eigenvalue weighted by Crippen LogP contribution is 2.32. The first-order chi connectivity index (χ1) is 13.3. The van der Waals surface area contributed by atoms with Gasteiger partial charge in [0, 0.05) is 23.4 Å². The van der Waals surface area contributed by atoms with E-state index in [0.717, 1.165) is 4.90 Å². The van der Waals surface area contributed by atoms with Crippen molar-refractivity contribution < 1.29 is 23.7 Å². The largest absolute Gasteiger partial charge is 0.325 e. The van der Waals surface area contributed by atoms with Gasteiger partial charge in [-0.25, -0.2) is 4.39 Å². The van der Waals surface area contributed by atoms with Crippen molar-refractivity contribution in [1.82, 2.24) is 4.90 Å². The average molecular weight is 401 g/mol. The number of nitro groups is 1. The number of nitrogens with one attached hydrogen (secondary N) is 1. The lowest BCUT2D eigenvalue weighted by Crippen LogP contribution is -2.36. The lowest BCUT2D eigenvalue weighted by Gasteiger charge is -2.12. The van der Waals surface area contributed by atoms with Crippen molar-refractivity contribution in [3.63, 3.8) is 0 Å². The van der Waals surface area contributed by atoms with Gasteiger partial charge in [-0.05, 0) is 36.0 Å². The van der Waals surface area contributed by atoms with Gasteiger partial charge in [0.25, 0.3) is 16.8 Å². The molecule has 0 bridgehead atoms. The predicted molar refractivity (Wildman–Crippen MR) is 101 cm³/mol. The summed E-state index contributed by atoms with van der Waals surface area (Å²) in [6.45, 7) is -0.531. The van der Waals surface area contributed by atoms with E-state index in [1.54, 1.807) is 6.07 Å². The number of amides is 3. The maximum Gasteiger partial charge on any atom is 0.294 e. The molecule has 0 unspecified atom stereocenters. The van der Waals surface area contributed by atoms with Gasteiger partial charge in [0.1, 0.15) is 12.4 Å². The number of benzene rings is 2. The first-order valence-electron chi connectivity index (χ1n) is 7.89. The molecule has 1 N–H and O–H groups in total. The Morgan fingerprint density at radius 2 is 1.86 bits per heavy atom. The Bertz CT molecular complexity index is 1010. The van der Waals surface area contributed by atoms with E-state index in [1.807, 2.05) is 0 Å². The molecule has 0 aliphatic carbocycles. The first-order valence-corrected chi connectivity index (χ1v) is 8.71. The number of thioether (sulfide) groups is 1. The van der Waals surface area contributed by atoms with Crippen LogP contribution in [-0.2, 0) is 9.59 Å². The number of imide groups is 1. The van der Waals surface area contributed by atoms with Crippen molar-refractivity contribution in [2.75, 3.05) is 11.9 Å². The van der Waals surface area contributed by atoms with Crippen LogP contribution in [-0.4, -0.2) is 33.4 Å². The Morgan fingerprint density at radius 3 is 2.50 bits per heavy atom. The number of carbonyl (C=O) groups is 3. The molecule has 2 aromatic rings. The quantitative estimate of drug-likeness (QED) is 0.467. The SMILES string of the molecule is O=C(CN1C(=O)S/C(=C\c2ccccc2F)C1=O)Nc1ccc([N+](=O)[O-])cc1. The van der Waals surface area contributed by atoms with Crippen LogP contribution in [0.2, 0.25) is 0 Å². The van der Waals surface area contributed by atoms with Crippen molar-refractivity contribution in [1.29, 1.82) is 0 Å². The predicted octanol–water partition coefficient (Wildman–Crippen LogP) is 3.41. The highest BCUT2D eigenvalue weighted by Gasteiger charge is 2.36. The molecular formula is C18H12FN3O5S. The first kappa shape index (κ1) is 19.2. The van der Waals surface area contributed by atoms with E-state index in [0.29, 0.717) is 11.8 Å². The van der Waals surface area contributed by atoms with Gasteiger partial charge in [-0.15, -0.1) is 0 Å². The molecule has 0 aromatic heterocycles. The van der Waals surface area contributed by atoms with E-state index < -0.39 is 34.3 Å². The standard InChI is InChI=1S/C18H12FN3O5S/c19-14-4-2-1-3-11(14)9-15-17(24)21(18(25)28-15)10-16(23)20-12-5-7-13(8-6-12)22(26)27/h1-9H,10H2,(H,20,23)/b15-9-. The van der Waals surface area contributed by atoms with Gasteiger partial charge in [0.15, 0.2) is 0 Å². The summed E-state index contributed by atoms with van der Waals surface area (Å²) in [4.78, 5) is 47.4. The topological polar surface area (TPSA) is 110 Å². The summed E-state index contributed by atoms with van der Waals surface area (Å²) in [7, 11) is 0. The van der Waals surface area contributed by atoms with Crippen LogP contribution < -0.4 is 5.32 Å². The number of non-ortho nitro benzene ring substituents is 1. The van der Waals surface area contributed by atoms with Gasteiger partial charge in [-0.1, -0.05) is 18.2 Å². The number of rotatable bonds is 5. The Hall–Kier alpha value is -3.53. The van der Waals surface area contributed by atoms with E-state index in [2.05, 4.69) is 5.32 Å². The van der Waals surface area contributed by atoms with Crippen molar-refractivity contribution in [3.8, 4) is 0 Å². The number of carbonyl (C=O) groups excluding carboxylic acids is 3. The smallest absolute Gasteiger partial charge is 0.294 e. The fraction of sp³-hybridized carbons (Fsp3) is 0.0556. The number of hydrogen-bond acceptors (Lipinski definition) is 6. The molecule has 142 valence electrons. The molecule has 0 radical (unpaired) electrons. The molecule has 1 heterocycles. The Morgan fingerprint density at radius 1 is 1.18 bits per heavy atom. The van der Waals surface area contributed by atoms with Gasteiger partial charge in [-0.2, -0.15) is 0 Å². The van der Waals surface area contributed by atoms with Gasteiger partial charge < -0.3 is 5.32 Å². The zero-order valence-electron chi connectivity index (χ0n) is 14.1. The van der Waals surface area contributed by atoms with Gasteiger partial charge >= 0.3 is 0 Å². The van der Waals surface area contributed by atoms with E-state index >= 15 is 0 Å². The molecule has 0 spiro atoms. The van der Waals surface area contributed by atoms with Gasteiger partial charge in [0.05, 0.1) is 9.83 Å². The number of nitro benzene ring substituents is 1. The summed E-state index contributed by atoms with van der Waals surface area (Å²) in [5, 5.41) is 12.4. The lowest BCUT2D eigenvalue weighted by atomic mass is 10.2. The number of anilines is 1. The van der Waals surface area contributed by atoms with Gasteiger partial charge in [-0.3, -0.25) is 29.4 Å². The molecule has 0 atom stereocenters. The van der Waals surface area contributed by atoms with Crippen molar-refractivity contribution in [3.05, 3.63) is 74.9 Å². The average Bonchev–Trinajstić information content (AvgIpc) is 2.91. The van der Waals surface area contributed by atoms with Crippen LogP contribution in [0.1, 0.15) is 5.56 Å². The molecule has 10 heteroatoms. The molecule has 1 saturated heterocycles. The molecule has 2 aromatic carbocycles. The molecule has 3 amide bonds. The minimum atomic E-state index is -0.697. The van der Waals surface area contributed by atoms with Crippen LogP contribution in [0.4, 0.5) is 20.6 Å². The van der Waals surface area contributed by atoms with E-state index in [4.69, 9.17) is 0 Å². The zero-order chi connectivity index (χ0) is 20.3. The highest BCUT2D eigenvalue weighted by atomic mass is 32.2. The van der Waals surface area contributed by atoms with E-state index in [9.17, 15) is 28.9 Å². The minimum absolute atomic E-state index is 0.0123. The van der Waals surface area contributed by atoms with Crippen LogP contribution in [0.25, 0.3) is 6.08 Å². The summed E-state index contributed by atoms with van der Waals surface area (Å²) < 4.78 is 13.7. The van der Waals surface area contributed by atoms with Crippen LogP contribution in [0.15, 0.2) is 53.4 Å². The van der Waals surface area contributed by atoms with Crippen molar-refractivity contribution in [2.24, 2.45) is 0 Å². The maximum atomic E-state index is 13.7. The Kier molecular flexibility index (Phi) is 5.50. The lowest BCUT2D eigenvalue weighted by molar-refractivity contribution is -0.384. The van der Waals surface area contributed by atoms with E-state index in [-0.39, 0.29) is 21.8 Å². The molecule has 8 nitrogen and oxygen atoms in total. The molecule has 28 heavy (non-hydrogen) atoms. The summed E-state index contributed by atoms with van der Waals surface area (Å²) in [5.41, 5.74) is 0.301. The van der Waals surface area contributed by atoms with Crippen LogP contribution in [0, 0.1) is 15.9 Å². The Labute approximate surface area is 162 Å². The second kappa shape index (κ2) is 8.01. The summed E-state index contributed by atoms with van der Waals surface area (Å²) in [6, 6.07) is 10.9. The highest BCUT2D eigenvalue weighted by molar-refractivity contribution is 8.18. The number of halogens is 1. The normalized spacial score (nSPS) is 15.2. The fourth-order valence-corrected chi connectivity index (χ4v) is 3.21. The third-order valence-electron chi connectivity index (χ3n) is 3.73. The van der Waals surface area contributed by atoms with Crippen LogP contribution in [0.3, 0.4) is 0 Å². The summed E-state index contributed by atoms with van der Waals surface area (Å²) in [5.74, 6) is -1.88. The third-order valence-corrected chi connectivity index (χ3v) is 4.64. The van der Waals surface area contributed by atoms with Crippen LogP contribution >= 0.6 is 11.8 Å². The molecule has 3 rings (SSSR count). The Balaban J connectivity index is 1.68. The monoisotopic (exact) mass is 401 g/mol. The fourth-order valence-electron chi connectivity index (χ4n) is 2.38. The zero-order valence-corrected chi connectivity index (χ0v) is 14.9. The number of hydrogen-bond donors (Lipinski definition) is 1. The third kappa shape index (κ3) is 4.23. The maximum absolute atomic E-state index is 13.7. The molecule has 1 fully saturated rings. The summed E-state index contributed by atoms with van der Waals surface area (Å²) in [6.07, 6.45) is 1.26. The minimum Gasteiger partial charge on any atom is -0.325 e. The molecule has 0 saturated carbocycles.